The number of hydrogen-bond acceptors (Lipinski definition) is 2. The Morgan fingerprint density at radius 1 is 1.44 bits per heavy atom. The highest BCUT2D eigenvalue weighted by Crippen LogP contribution is 2.29. The highest BCUT2D eigenvalue weighted by molar-refractivity contribution is 5.84. The van der Waals surface area contributed by atoms with Crippen molar-refractivity contribution < 1.29 is 13.6 Å². The number of pyridine rings is 1. The number of rotatable bonds is 4. The van der Waals surface area contributed by atoms with Crippen LogP contribution in [0, 0.1) is 0 Å². The Morgan fingerprint density at radius 3 is 2.50 bits per heavy atom. The zero-order valence-electron chi connectivity index (χ0n) is 9.28. The number of nitrogens with zero attached hydrogens (tertiary/aromatic N) is 2. The van der Waals surface area contributed by atoms with E-state index in [-0.39, 0.29) is 18.7 Å². The molecule has 0 unspecified atom stereocenters. The molecule has 1 amide bonds. The third-order valence-electron chi connectivity index (χ3n) is 2.34. The molecule has 0 N–H and O–H groups in total. The summed E-state index contributed by atoms with van der Waals surface area (Å²) in [4.78, 5) is 16.3. The lowest BCUT2D eigenvalue weighted by Gasteiger charge is -2.24. The first-order chi connectivity index (χ1) is 7.54. The number of likely N-dealkylation sites (N-methyl/N-ethyl adjacent to an activating group) is 1. The first-order valence-corrected chi connectivity index (χ1v) is 5.11. The topological polar surface area (TPSA) is 33.2 Å². The van der Waals surface area contributed by atoms with E-state index in [2.05, 4.69) is 4.98 Å². The summed E-state index contributed by atoms with van der Waals surface area (Å²) in [7, 11) is 0. The quantitative estimate of drug-likeness (QED) is 0.790. The van der Waals surface area contributed by atoms with Crippen molar-refractivity contribution in [1.82, 2.24) is 9.88 Å². The van der Waals surface area contributed by atoms with Crippen LogP contribution >= 0.6 is 0 Å². The molecule has 0 aliphatic carbocycles. The fourth-order valence-corrected chi connectivity index (χ4v) is 1.38. The lowest BCUT2D eigenvalue weighted by molar-refractivity contribution is -0.158. The van der Waals surface area contributed by atoms with Crippen LogP contribution in [0.5, 0.6) is 0 Å². The van der Waals surface area contributed by atoms with Gasteiger partial charge in [-0.2, -0.15) is 8.78 Å². The molecule has 1 heterocycles. The lowest BCUT2D eigenvalue weighted by atomic mass is 10.1. The molecule has 0 aromatic carbocycles. The Kier molecular flexibility index (Phi) is 3.93. The summed E-state index contributed by atoms with van der Waals surface area (Å²) >= 11 is 0. The van der Waals surface area contributed by atoms with E-state index < -0.39 is 11.8 Å². The normalized spacial score (nSPS) is 11.2. The second-order valence-corrected chi connectivity index (χ2v) is 3.29. The molecule has 1 aromatic heterocycles. The summed E-state index contributed by atoms with van der Waals surface area (Å²) in [6.45, 7) is 3.87. The summed E-state index contributed by atoms with van der Waals surface area (Å²) in [6.07, 6.45) is 2.41. The van der Waals surface area contributed by atoms with Crippen molar-refractivity contribution in [3.8, 4) is 0 Å². The van der Waals surface area contributed by atoms with Crippen LogP contribution in [0.1, 0.15) is 19.4 Å². The molecule has 0 aliphatic heterocycles. The molecule has 5 heteroatoms. The maximum absolute atomic E-state index is 13.7. The molecule has 3 nitrogen and oxygen atoms in total. The number of alkyl halides is 2. The number of carbonyl (C=O) groups is 1. The molecule has 0 spiro atoms. The Labute approximate surface area is 93.1 Å². The third kappa shape index (κ3) is 2.35. The summed E-state index contributed by atoms with van der Waals surface area (Å²) in [5.74, 6) is -4.68. The van der Waals surface area contributed by atoms with Crippen molar-refractivity contribution in [2.75, 3.05) is 13.1 Å². The molecule has 0 aliphatic rings. The van der Waals surface area contributed by atoms with Gasteiger partial charge in [0.1, 0.15) is 0 Å². The van der Waals surface area contributed by atoms with Gasteiger partial charge in [-0.25, -0.2) is 0 Å². The molecule has 0 saturated heterocycles. The minimum Gasteiger partial charge on any atom is -0.338 e. The van der Waals surface area contributed by atoms with Gasteiger partial charge in [-0.1, -0.05) is 0 Å². The van der Waals surface area contributed by atoms with Crippen molar-refractivity contribution >= 4 is 5.91 Å². The molecule has 0 radical (unpaired) electrons. The number of aromatic nitrogens is 1. The number of halogens is 2. The Balaban J connectivity index is 2.98. The number of amides is 1. The van der Waals surface area contributed by atoms with Crippen molar-refractivity contribution in [2.24, 2.45) is 0 Å². The zero-order valence-corrected chi connectivity index (χ0v) is 9.28. The van der Waals surface area contributed by atoms with Crippen LogP contribution < -0.4 is 0 Å². The van der Waals surface area contributed by atoms with E-state index in [4.69, 9.17) is 0 Å². The molecule has 0 atom stereocenters. The van der Waals surface area contributed by atoms with Gasteiger partial charge in [0.2, 0.25) is 0 Å². The summed E-state index contributed by atoms with van der Waals surface area (Å²) in [6, 6.07) is 2.59. The Bertz CT molecular complexity index is 350. The maximum atomic E-state index is 13.7. The van der Waals surface area contributed by atoms with Gasteiger partial charge >= 0.3 is 5.92 Å². The van der Waals surface area contributed by atoms with E-state index in [9.17, 15) is 13.6 Å². The van der Waals surface area contributed by atoms with Gasteiger partial charge in [0.25, 0.3) is 5.91 Å². The van der Waals surface area contributed by atoms with Crippen LogP contribution in [0.2, 0.25) is 0 Å². The number of carbonyl (C=O) groups excluding carboxylic acids is 1. The van der Waals surface area contributed by atoms with Crippen LogP contribution in [0.25, 0.3) is 0 Å². The summed E-state index contributed by atoms with van der Waals surface area (Å²) in [5.41, 5.74) is -0.369. The zero-order chi connectivity index (χ0) is 12.2. The molecule has 0 saturated carbocycles. The highest BCUT2D eigenvalue weighted by Gasteiger charge is 2.43. The van der Waals surface area contributed by atoms with Crippen LogP contribution in [0.15, 0.2) is 24.5 Å². The fourth-order valence-electron chi connectivity index (χ4n) is 1.38. The molecule has 1 aromatic rings. The molecular formula is C11H14F2N2O. The smallest absolute Gasteiger partial charge is 0.338 e. The lowest BCUT2D eigenvalue weighted by Crippen LogP contribution is -2.41. The van der Waals surface area contributed by atoms with Gasteiger partial charge in [0.05, 0.1) is 0 Å². The van der Waals surface area contributed by atoms with E-state index in [0.717, 1.165) is 11.1 Å². The highest BCUT2D eigenvalue weighted by atomic mass is 19.3. The van der Waals surface area contributed by atoms with Crippen molar-refractivity contribution in [3.05, 3.63) is 30.1 Å². The monoisotopic (exact) mass is 228 g/mol. The van der Waals surface area contributed by atoms with Gasteiger partial charge in [0.15, 0.2) is 0 Å². The van der Waals surface area contributed by atoms with Crippen molar-refractivity contribution in [3.63, 3.8) is 0 Å². The van der Waals surface area contributed by atoms with Gasteiger partial charge in [0, 0.05) is 31.0 Å². The van der Waals surface area contributed by atoms with Crippen molar-refractivity contribution in [2.45, 2.75) is 19.8 Å². The molecule has 88 valence electrons. The Hall–Kier alpha value is -1.52. The van der Waals surface area contributed by atoms with E-state index >= 15 is 0 Å². The van der Waals surface area contributed by atoms with Gasteiger partial charge < -0.3 is 4.90 Å². The minimum absolute atomic E-state index is 0.269. The summed E-state index contributed by atoms with van der Waals surface area (Å²) < 4.78 is 27.5. The molecule has 0 bridgehead atoms. The average Bonchev–Trinajstić information content (AvgIpc) is 2.31. The van der Waals surface area contributed by atoms with Crippen LogP contribution in [-0.2, 0) is 10.7 Å². The SMILES string of the molecule is CCN(CC)C(=O)C(F)(F)c1cccnc1. The average molecular weight is 228 g/mol. The predicted octanol–water partition coefficient (Wildman–Crippen LogP) is 2.04. The van der Waals surface area contributed by atoms with Crippen molar-refractivity contribution in [1.29, 1.82) is 0 Å². The second kappa shape index (κ2) is 5.01. The minimum atomic E-state index is -3.50. The molecule has 0 fully saturated rings. The summed E-state index contributed by atoms with van der Waals surface area (Å²) in [5, 5.41) is 0. The third-order valence-corrected chi connectivity index (χ3v) is 2.34. The molecular weight excluding hydrogens is 214 g/mol. The first kappa shape index (κ1) is 12.5. The fraction of sp³-hybridized carbons (Fsp3) is 0.455. The standard InChI is InChI=1S/C11H14F2N2O/c1-3-15(4-2)10(16)11(12,13)9-6-5-7-14-8-9/h5-8H,3-4H2,1-2H3. The van der Waals surface area contributed by atoms with Gasteiger partial charge in [-0.05, 0) is 26.0 Å². The number of hydrogen-bond donors (Lipinski definition) is 0. The van der Waals surface area contributed by atoms with Crippen LogP contribution in [0.4, 0.5) is 8.78 Å². The second-order valence-electron chi connectivity index (χ2n) is 3.29. The van der Waals surface area contributed by atoms with E-state index in [1.54, 1.807) is 13.8 Å². The van der Waals surface area contributed by atoms with Crippen LogP contribution in [-0.4, -0.2) is 28.9 Å². The maximum Gasteiger partial charge on any atom is 0.351 e. The largest absolute Gasteiger partial charge is 0.351 e. The molecule has 1 rings (SSSR count). The van der Waals surface area contributed by atoms with E-state index in [1.807, 2.05) is 0 Å². The van der Waals surface area contributed by atoms with Crippen LogP contribution in [0.3, 0.4) is 0 Å². The Morgan fingerprint density at radius 2 is 2.06 bits per heavy atom. The van der Waals surface area contributed by atoms with Gasteiger partial charge in [-0.15, -0.1) is 0 Å². The van der Waals surface area contributed by atoms with Gasteiger partial charge in [-0.3, -0.25) is 9.78 Å². The first-order valence-electron chi connectivity index (χ1n) is 5.11. The van der Waals surface area contributed by atoms with E-state index in [1.165, 1.54) is 18.3 Å². The molecule has 16 heavy (non-hydrogen) atoms. The predicted molar refractivity (Wildman–Crippen MR) is 56.1 cm³/mol. The van der Waals surface area contributed by atoms with E-state index in [0.29, 0.717) is 0 Å².